The van der Waals surface area contributed by atoms with E-state index in [1.165, 1.54) is 17.4 Å². The van der Waals surface area contributed by atoms with Gasteiger partial charge >= 0.3 is 0 Å². The maximum atomic E-state index is 12.7. The van der Waals surface area contributed by atoms with E-state index in [1.807, 2.05) is 17.5 Å². The van der Waals surface area contributed by atoms with Crippen molar-refractivity contribution in [3.05, 3.63) is 53.4 Å². The second kappa shape index (κ2) is 8.57. The summed E-state index contributed by atoms with van der Waals surface area (Å²) in [5.74, 6) is 0.360. The number of benzene rings is 2. The standard InChI is InChI=1S/C22H19N3O5S/c1-29-15-6-7-16(18(11-15)30-2)17-12-31-22(23-17)24-21(28)13-4-3-5-14(10-13)25-19(26)8-9-20(25)27/h3-7,10-12H,8-9H2,1-2H3,(H,23,24,28). The molecule has 31 heavy (non-hydrogen) atoms. The van der Waals surface area contributed by atoms with Crippen LogP contribution in [0.4, 0.5) is 10.8 Å². The SMILES string of the molecule is COc1ccc(-c2csc(NC(=O)c3cccc(N4C(=O)CCC4=O)c3)n2)c(OC)c1. The summed E-state index contributed by atoms with van der Waals surface area (Å²) in [6.07, 6.45) is 0.373. The number of imide groups is 1. The monoisotopic (exact) mass is 437 g/mol. The molecule has 1 N–H and O–H groups in total. The molecule has 0 aliphatic carbocycles. The number of carbonyl (C=O) groups excluding carboxylic acids is 3. The van der Waals surface area contributed by atoms with Crippen molar-refractivity contribution < 1.29 is 23.9 Å². The Morgan fingerprint density at radius 1 is 1.06 bits per heavy atom. The van der Waals surface area contributed by atoms with Crippen molar-refractivity contribution in [2.24, 2.45) is 0 Å². The van der Waals surface area contributed by atoms with Crippen molar-refractivity contribution in [1.82, 2.24) is 4.98 Å². The molecule has 0 unspecified atom stereocenters. The number of aromatic nitrogens is 1. The predicted octanol–water partition coefficient (Wildman–Crippen LogP) is 3.73. The van der Waals surface area contributed by atoms with Gasteiger partial charge in [0.05, 0.1) is 25.6 Å². The van der Waals surface area contributed by atoms with E-state index in [4.69, 9.17) is 9.47 Å². The minimum atomic E-state index is -0.386. The van der Waals surface area contributed by atoms with E-state index in [9.17, 15) is 14.4 Å². The summed E-state index contributed by atoms with van der Waals surface area (Å²) in [5, 5.41) is 4.99. The van der Waals surface area contributed by atoms with Crippen LogP contribution in [-0.2, 0) is 9.59 Å². The Kier molecular flexibility index (Phi) is 5.68. The number of thiazole rings is 1. The average molecular weight is 437 g/mol. The highest BCUT2D eigenvalue weighted by Crippen LogP contribution is 2.35. The van der Waals surface area contributed by atoms with Crippen LogP contribution in [0, 0.1) is 0 Å². The van der Waals surface area contributed by atoms with Gasteiger partial charge in [0.25, 0.3) is 5.91 Å². The molecular formula is C22H19N3O5S. The van der Waals surface area contributed by atoms with E-state index >= 15 is 0 Å². The molecule has 0 atom stereocenters. The number of ether oxygens (including phenoxy) is 2. The first-order valence-corrected chi connectivity index (χ1v) is 10.3. The minimum Gasteiger partial charge on any atom is -0.497 e. The third-order valence-electron chi connectivity index (χ3n) is 4.83. The van der Waals surface area contributed by atoms with Crippen LogP contribution in [0.3, 0.4) is 0 Å². The molecule has 0 radical (unpaired) electrons. The highest BCUT2D eigenvalue weighted by molar-refractivity contribution is 7.14. The van der Waals surface area contributed by atoms with Crippen LogP contribution in [-0.4, -0.2) is 36.9 Å². The summed E-state index contributed by atoms with van der Waals surface area (Å²) < 4.78 is 10.6. The molecule has 3 aromatic rings. The van der Waals surface area contributed by atoms with E-state index < -0.39 is 0 Å². The first kappa shape index (κ1) is 20.5. The van der Waals surface area contributed by atoms with Crippen molar-refractivity contribution in [1.29, 1.82) is 0 Å². The molecule has 1 aliphatic heterocycles. The lowest BCUT2D eigenvalue weighted by Gasteiger charge is -2.14. The molecule has 158 valence electrons. The van der Waals surface area contributed by atoms with Crippen LogP contribution in [0.25, 0.3) is 11.3 Å². The van der Waals surface area contributed by atoms with E-state index in [0.29, 0.717) is 33.6 Å². The Morgan fingerprint density at radius 3 is 2.55 bits per heavy atom. The third-order valence-corrected chi connectivity index (χ3v) is 5.59. The van der Waals surface area contributed by atoms with Crippen LogP contribution >= 0.6 is 11.3 Å². The van der Waals surface area contributed by atoms with Gasteiger partial charge in [0.1, 0.15) is 11.5 Å². The molecule has 8 nitrogen and oxygen atoms in total. The van der Waals surface area contributed by atoms with Gasteiger partial charge in [-0.05, 0) is 30.3 Å². The van der Waals surface area contributed by atoms with Crippen LogP contribution in [0.15, 0.2) is 47.8 Å². The summed E-state index contributed by atoms with van der Waals surface area (Å²) in [6.45, 7) is 0. The number of hydrogen-bond acceptors (Lipinski definition) is 7. The van der Waals surface area contributed by atoms with Crippen LogP contribution in [0.5, 0.6) is 11.5 Å². The molecule has 3 amide bonds. The lowest BCUT2D eigenvalue weighted by Crippen LogP contribution is -2.28. The zero-order valence-corrected chi connectivity index (χ0v) is 17.7. The highest BCUT2D eigenvalue weighted by atomic mass is 32.1. The van der Waals surface area contributed by atoms with Gasteiger partial charge in [-0.25, -0.2) is 4.98 Å². The van der Waals surface area contributed by atoms with E-state index in [0.717, 1.165) is 10.5 Å². The van der Waals surface area contributed by atoms with Crippen molar-refractivity contribution >= 4 is 39.9 Å². The van der Waals surface area contributed by atoms with Gasteiger partial charge in [-0.2, -0.15) is 0 Å². The molecule has 4 rings (SSSR count). The molecule has 1 aliphatic rings. The van der Waals surface area contributed by atoms with Crippen molar-refractivity contribution in [3.63, 3.8) is 0 Å². The quantitative estimate of drug-likeness (QED) is 0.590. The Hall–Kier alpha value is -3.72. The highest BCUT2D eigenvalue weighted by Gasteiger charge is 2.30. The average Bonchev–Trinajstić information content (AvgIpc) is 3.39. The Morgan fingerprint density at radius 2 is 1.84 bits per heavy atom. The number of nitrogens with zero attached hydrogens (tertiary/aromatic N) is 2. The van der Waals surface area contributed by atoms with Gasteiger partial charge in [0.15, 0.2) is 5.13 Å². The van der Waals surface area contributed by atoms with E-state index in [2.05, 4.69) is 10.3 Å². The molecule has 9 heteroatoms. The minimum absolute atomic E-state index is 0.186. The normalized spacial score (nSPS) is 13.4. The second-order valence-electron chi connectivity index (χ2n) is 6.73. The number of nitrogens with one attached hydrogen (secondary N) is 1. The van der Waals surface area contributed by atoms with Crippen molar-refractivity contribution in [2.75, 3.05) is 24.4 Å². The van der Waals surface area contributed by atoms with Crippen molar-refractivity contribution in [3.8, 4) is 22.8 Å². The maximum absolute atomic E-state index is 12.7. The number of methoxy groups -OCH3 is 2. The Bertz CT molecular complexity index is 1160. The van der Waals surface area contributed by atoms with Crippen LogP contribution < -0.4 is 19.7 Å². The number of anilines is 2. The van der Waals surface area contributed by atoms with E-state index in [1.54, 1.807) is 38.5 Å². The number of amides is 3. The Labute approximate surface area is 182 Å². The molecule has 2 aromatic carbocycles. The summed E-state index contributed by atoms with van der Waals surface area (Å²) in [7, 11) is 3.14. The molecular weight excluding hydrogens is 418 g/mol. The van der Waals surface area contributed by atoms with E-state index in [-0.39, 0.29) is 30.6 Å². The first-order valence-electron chi connectivity index (χ1n) is 9.45. The molecule has 1 aromatic heterocycles. The fraction of sp³-hybridized carbons (Fsp3) is 0.182. The maximum Gasteiger partial charge on any atom is 0.257 e. The lowest BCUT2D eigenvalue weighted by atomic mass is 10.1. The Balaban J connectivity index is 1.53. The summed E-state index contributed by atoms with van der Waals surface area (Å²) >= 11 is 1.28. The van der Waals surface area contributed by atoms with Gasteiger partial charge in [-0.1, -0.05) is 6.07 Å². The van der Waals surface area contributed by atoms with Crippen LogP contribution in [0.2, 0.25) is 0 Å². The molecule has 0 saturated carbocycles. The van der Waals surface area contributed by atoms with Crippen molar-refractivity contribution in [2.45, 2.75) is 12.8 Å². The number of rotatable bonds is 6. The molecule has 0 spiro atoms. The molecule has 0 bridgehead atoms. The second-order valence-corrected chi connectivity index (χ2v) is 7.59. The first-order chi connectivity index (χ1) is 15.0. The molecule has 1 saturated heterocycles. The summed E-state index contributed by atoms with van der Waals surface area (Å²) in [5.41, 5.74) is 2.14. The van der Waals surface area contributed by atoms with Gasteiger partial charge in [0.2, 0.25) is 11.8 Å². The number of carbonyl (C=O) groups is 3. The summed E-state index contributed by atoms with van der Waals surface area (Å²) in [4.78, 5) is 42.3. The van der Waals surface area contributed by atoms with Gasteiger partial charge in [0, 0.05) is 35.4 Å². The predicted molar refractivity (Wildman–Crippen MR) is 117 cm³/mol. The topological polar surface area (TPSA) is 97.8 Å². The van der Waals surface area contributed by atoms with Crippen LogP contribution in [0.1, 0.15) is 23.2 Å². The third kappa shape index (κ3) is 4.13. The smallest absolute Gasteiger partial charge is 0.257 e. The van der Waals surface area contributed by atoms with Gasteiger partial charge in [-0.15, -0.1) is 11.3 Å². The fourth-order valence-corrected chi connectivity index (χ4v) is 3.99. The lowest BCUT2D eigenvalue weighted by molar-refractivity contribution is -0.121. The fourth-order valence-electron chi connectivity index (χ4n) is 3.29. The van der Waals surface area contributed by atoms with Gasteiger partial charge < -0.3 is 9.47 Å². The summed E-state index contributed by atoms with van der Waals surface area (Å²) in [6, 6.07) is 11.8. The van der Waals surface area contributed by atoms with Gasteiger partial charge in [-0.3, -0.25) is 24.6 Å². The molecule has 2 heterocycles. The number of hydrogen-bond donors (Lipinski definition) is 1. The zero-order valence-electron chi connectivity index (χ0n) is 16.9. The zero-order chi connectivity index (χ0) is 22.0. The molecule has 1 fully saturated rings. The largest absolute Gasteiger partial charge is 0.497 e.